The standard InChI is InChI=1S/C66H123N2O6P/c1-6-8-10-12-14-16-18-20-22-24-26-28-30-31-32-33-34-35-36-38-39-41-43-45-47-49-51-53-55-57-59-65(69)64(63-74-75(71,72)73-62-61-68(3,4)5)67-66(70)60-58-56-54-52-50-48-46-44-42-40-37-29-27-25-23-21-19-17-15-13-11-9-7-2/h9,11,15,17,21,23,27,29,49,51,57,59,64-65,69H,6-8,10,12-14,16,18-20,22,24-26,28,30-48,50,52-56,58,60-63H2,1-5H3,(H-,67,70,71,72)/b11-9-,17-15-,23-21-,29-27-,51-49+,59-57+. The van der Waals surface area contributed by atoms with E-state index in [9.17, 15) is 19.4 Å². The number of rotatable bonds is 58. The highest BCUT2D eigenvalue weighted by Gasteiger charge is 2.23. The second-order valence-corrected chi connectivity index (χ2v) is 24.1. The van der Waals surface area contributed by atoms with E-state index >= 15 is 0 Å². The van der Waals surface area contributed by atoms with Crippen molar-refractivity contribution in [1.82, 2.24) is 5.32 Å². The third kappa shape index (κ3) is 59.4. The summed E-state index contributed by atoms with van der Waals surface area (Å²) < 4.78 is 23.4. The van der Waals surface area contributed by atoms with Gasteiger partial charge in [-0.05, 0) is 70.6 Å². The number of hydrogen-bond donors (Lipinski definition) is 2. The second kappa shape index (κ2) is 56.7. The maximum atomic E-state index is 13.0. The van der Waals surface area contributed by atoms with E-state index in [0.29, 0.717) is 17.4 Å². The first-order chi connectivity index (χ1) is 36.5. The fourth-order valence-electron chi connectivity index (χ4n) is 9.22. The van der Waals surface area contributed by atoms with Gasteiger partial charge in [-0.1, -0.05) is 286 Å². The SMILES string of the molecule is CC/C=C\C/C=C\C/C=C\C/C=C\CCCCCCCCCCCCC(=O)NC(COP(=O)([O-])OCC[N+](C)(C)C)C(O)/C=C/CC/C=C/CCCCCCCCCCCCCCCCCCCCCCCCCC. The topological polar surface area (TPSA) is 108 Å². The van der Waals surface area contributed by atoms with Crippen LogP contribution in [0.25, 0.3) is 0 Å². The number of aliphatic hydroxyl groups excluding tert-OH is 1. The molecule has 3 unspecified atom stereocenters. The molecule has 1 amide bonds. The van der Waals surface area contributed by atoms with Crippen LogP contribution < -0.4 is 10.2 Å². The lowest BCUT2D eigenvalue weighted by Crippen LogP contribution is -2.45. The van der Waals surface area contributed by atoms with E-state index < -0.39 is 26.6 Å². The Morgan fingerprint density at radius 2 is 0.827 bits per heavy atom. The van der Waals surface area contributed by atoms with Crippen molar-refractivity contribution in [2.45, 2.75) is 302 Å². The molecule has 0 aromatic carbocycles. The molecule has 3 atom stereocenters. The van der Waals surface area contributed by atoms with Crippen LogP contribution in [0.2, 0.25) is 0 Å². The summed E-state index contributed by atoms with van der Waals surface area (Å²) in [4.78, 5) is 25.6. The first-order valence-electron chi connectivity index (χ1n) is 31.8. The number of unbranched alkanes of at least 4 members (excludes halogenated alkanes) is 35. The Balaban J connectivity index is 4.18. The first kappa shape index (κ1) is 72.9. The van der Waals surface area contributed by atoms with E-state index in [1.54, 1.807) is 6.08 Å². The number of phosphoric acid groups is 1. The number of nitrogens with one attached hydrogen (secondary N) is 1. The molecule has 0 fully saturated rings. The van der Waals surface area contributed by atoms with Crippen LogP contribution in [0, 0.1) is 0 Å². The quantitative estimate of drug-likeness (QED) is 0.0272. The highest BCUT2D eigenvalue weighted by atomic mass is 31.2. The van der Waals surface area contributed by atoms with E-state index in [4.69, 9.17) is 9.05 Å². The molecule has 0 bridgehead atoms. The van der Waals surface area contributed by atoms with Crippen molar-refractivity contribution in [2.75, 3.05) is 40.9 Å². The number of hydrogen-bond acceptors (Lipinski definition) is 6. The molecule has 0 saturated heterocycles. The van der Waals surface area contributed by atoms with Crippen LogP contribution in [-0.2, 0) is 18.4 Å². The van der Waals surface area contributed by atoms with Crippen molar-refractivity contribution in [2.24, 2.45) is 0 Å². The predicted molar refractivity (Wildman–Crippen MR) is 325 cm³/mol. The lowest BCUT2D eigenvalue weighted by Gasteiger charge is -2.29. The fraction of sp³-hybridized carbons (Fsp3) is 0.803. The van der Waals surface area contributed by atoms with Crippen molar-refractivity contribution in [3.05, 3.63) is 72.9 Å². The van der Waals surface area contributed by atoms with E-state index in [0.717, 1.165) is 70.6 Å². The van der Waals surface area contributed by atoms with Crippen LogP contribution >= 0.6 is 7.82 Å². The molecule has 0 aliphatic heterocycles. The zero-order chi connectivity index (χ0) is 54.9. The Hall–Kier alpha value is -2.06. The lowest BCUT2D eigenvalue weighted by molar-refractivity contribution is -0.870. The molecule has 0 heterocycles. The van der Waals surface area contributed by atoms with Crippen LogP contribution in [0.15, 0.2) is 72.9 Å². The highest BCUT2D eigenvalue weighted by molar-refractivity contribution is 7.45. The predicted octanol–water partition coefficient (Wildman–Crippen LogP) is 19.2. The Morgan fingerprint density at radius 1 is 0.480 bits per heavy atom. The Kier molecular flexibility index (Phi) is 55.1. The highest BCUT2D eigenvalue weighted by Crippen LogP contribution is 2.38. The fourth-order valence-corrected chi connectivity index (χ4v) is 9.94. The normalized spacial score (nSPS) is 14.3. The molecule has 0 rings (SSSR count). The van der Waals surface area contributed by atoms with Gasteiger partial charge in [0.05, 0.1) is 39.9 Å². The smallest absolute Gasteiger partial charge is 0.268 e. The van der Waals surface area contributed by atoms with Gasteiger partial charge in [0.15, 0.2) is 0 Å². The number of carbonyl (C=O) groups excluding carboxylic acids is 1. The molecule has 9 heteroatoms. The molecule has 75 heavy (non-hydrogen) atoms. The Labute approximate surface area is 465 Å². The number of quaternary nitrogens is 1. The monoisotopic (exact) mass is 1070 g/mol. The van der Waals surface area contributed by atoms with Gasteiger partial charge in [0.2, 0.25) is 5.91 Å². The third-order valence-electron chi connectivity index (χ3n) is 14.2. The molecule has 0 radical (unpaired) electrons. The van der Waals surface area contributed by atoms with Crippen LogP contribution in [0.5, 0.6) is 0 Å². The van der Waals surface area contributed by atoms with E-state index in [-0.39, 0.29) is 12.5 Å². The Morgan fingerprint density at radius 3 is 1.24 bits per heavy atom. The summed E-state index contributed by atoms with van der Waals surface area (Å²) in [5.74, 6) is -0.211. The lowest BCUT2D eigenvalue weighted by atomic mass is 10.0. The van der Waals surface area contributed by atoms with Gasteiger partial charge < -0.3 is 28.8 Å². The number of aliphatic hydroxyl groups is 1. The summed E-state index contributed by atoms with van der Waals surface area (Å²) >= 11 is 0. The number of nitrogens with zero attached hydrogens (tertiary/aromatic N) is 1. The molecule has 0 saturated carbocycles. The van der Waals surface area contributed by atoms with Gasteiger partial charge in [0.1, 0.15) is 13.2 Å². The zero-order valence-electron chi connectivity index (χ0n) is 50.0. The molecule has 0 aromatic heterocycles. The number of carbonyl (C=O) groups is 1. The van der Waals surface area contributed by atoms with Gasteiger partial charge >= 0.3 is 0 Å². The molecular formula is C66H123N2O6P. The molecular weight excluding hydrogens is 948 g/mol. The van der Waals surface area contributed by atoms with Crippen molar-refractivity contribution in [1.29, 1.82) is 0 Å². The van der Waals surface area contributed by atoms with Gasteiger partial charge in [-0.25, -0.2) is 0 Å². The van der Waals surface area contributed by atoms with Gasteiger partial charge in [-0.15, -0.1) is 0 Å². The summed E-state index contributed by atoms with van der Waals surface area (Å²) in [7, 11) is 1.24. The summed E-state index contributed by atoms with van der Waals surface area (Å²) in [5.41, 5.74) is 0. The maximum absolute atomic E-state index is 13.0. The van der Waals surface area contributed by atoms with E-state index in [2.05, 4.69) is 79.9 Å². The minimum atomic E-state index is -4.61. The minimum absolute atomic E-state index is 0.00972. The van der Waals surface area contributed by atoms with E-state index in [1.807, 2.05) is 27.2 Å². The Bertz CT molecular complexity index is 1450. The molecule has 0 aromatic rings. The van der Waals surface area contributed by atoms with Crippen molar-refractivity contribution in [3.8, 4) is 0 Å². The average molecular weight is 1070 g/mol. The van der Waals surface area contributed by atoms with Gasteiger partial charge in [-0.2, -0.15) is 0 Å². The van der Waals surface area contributed by atoms with Crippen molar-refractivity contribution >= 4 is 13.7 Å². The van der Waals surface area contributed by atoms with Crippen molar-refractivity contribution in [3.63, 3.8) is 0 Å². The number of likely N-dealkylation sites (N-methyl/N-ethyl adjacent to an activating group) is 1. The van der Waals surface area contributed by atoms with Crippen LogP contribution in [0.1, 0.15) is 290 Å². The van der Waals surface area contributed by atoms with Crippen LogP contribution in [0.4, 0.5) is 0 Å². The number of phosphoric ester groups is 1. The molecule has 0 spiro atoms. The second-order valence-electron chi connectivity index (χ2n) is 22.7. The van der Waals surface area contributed by atoms with Crippen LogP contribution in [0.3, 0.4) is 0 Å². The maximum Gasteiger partial charge on any atom is 0.268 e. The van der Waals surface area contributed by atoms with Gasteiger partial charge in [0, 0.05) is 6.42 Å². The molecule has 2 N–H and O–H groups in total. The summed E-state index contributed by atoms with van der Waals surface area (Å²) in [6.45, 7) is 4.54. The molecule has 0 aliphatic carbocycles. The minimum Gasteiger partial charge on any atom is -0.756 e. The average Bonchev–Trinajstić information content (AvgIpc) is 3.37. The van der Waals surface area contributed by atoms with Crippen molar-refractivity contribution < 1.29 is 32.9 Å². The summed E-state index contributed by atoms with van der Waals surface area (Å²) in [5, 5.41) is 13.9. The first-order valence-corrected chi connectivity index (χ1v) is 33.3. The number of amides is 1. The molecule has 0 aliphatic rings. The largest absolute Gasteiger partial charge is 0.756 e. The zero-order valence-corrected chi connectivity index (χ0v) is 50.9. The molecule has 8 nitrogen and oxygen atoms in total. The third-order valence-corrected chi connectivity index (χ3v) is 15.1. The van der Waals surface area contributed by atoms with Gasteiger partial charge in [0.25, 0.3) is 7.82 Å². The van der Waals surface area contributed by atoms with Gasteiger partial charge in [-0.3, -0.25) is 9.36 Å². The van der Waals surface area contributed by atoms with Crippen LogP contribution in [-0.4, -0.2) is 68.5 Å². The number of allylic oxidation sites excluding steroid dienone is 11. The summed E-state index contributed by atoms with van der Waals surface area (Å²) in [6, 6.07) is -0.911. The molecule has 438 valence electrons. The van der Waals surface area contributed by atoms with E-state index in [1.165, 1.54) is 199 Å². The summed E-state index contributed by atoms with van der Waals surface area (Å²) in [6.07, 6.45) is 78.6.